The molecule has 2 rings (SSSR count). The summed E-state index contributed by atoms with van der Waals surface area (Å²) in [7, 11) is 0. The summed E-state index contributed by atoms with van der Waals surface area (Å²) >= 11 is 0. The number of carboxylic acid groups (broad SMARTS) is 2. The zero-order valence-electron chi connectivity index (χ0n) is 20.1. The molecule has 0 fully saturated rings. The van der Waals surface area contributed by atoms with Crippen LogP contribution in [0.25, 0.3) is 0 Å². The Labute approximate surface area is 191 Å². The average molecular weight is 447 g/mol. The molecule has 0 bridgehead atoms. The van der Waals surface area contributed by atoms with Crippen LogP contribution >= 0.6 is 0 Å². The summed E-state index contributed by atoms with van der Waals surface area (Å²) in [6.07, 6.45) is 8.73. The Hall–Kier alpha value is -2.50. The van der Waals surface area contributed by atoms with Gasteiger partial charge in [-0.05, 0) is 60.5 Å². The Morgan fingerprint density at radius 3 is 2.12 bits per heavy atom. The van der Waals surface area contributed by atoms with Crippen molar-refractivity contribution in [2.24, 2.45) is 28.1 Å². The van der Waals surface area contributed by atoms with Gasteiger partial charge in [0.25, 0.3) is 0 Å². The molecule has 3 unspecified atom stereocenters. The summed E-state index contributed by atoms with van der Waals surface area (Å²) in [6.45, 7) is 11.7. The summed E-state index contributed by atoms with van der Waals surface area (Å²) in [6, 6.07) is 0. The third-order valence-electron chi connectivity index (χ3n) is 6.96. The van der Waals surface area contributed by atoms with Gasteiger partial charge in [-0.25, -0.2) is 0 Å². The van der Waals surface area contributed by atoms with E-state index in [2.05, 4.69) is 0 Å². The molecular formula is C26H38O6. The van der Waals surface area contributed by atoms with Crippen LogP contribution in [-0.2, 0) is 9.59 Å². The molecule has 0 amide bonds. The molecule has 0 spiro atoms. The summed E-state index contributed by atoms with van der Waals surface area (Å²) in [5, 5.41) is 42.3. The first-order chi connectivity index (χ1) is 14.6. The van der Waals surface area contributed by atoms with Crippen molar-refractivity contribution in [3.05, 3.63) is 47.0 Å². The number of hydrogen-bond acceptors (Lipinski definition) is 4. The van der Waals surface area contributed by atoms with Crippen LogP contribution in [0.15, 0.2) is 47.0 Å². The van der Waals surface area contributed by atoms with Gasteiger partial charge in [0.2, 0.25) is 0 Å². The third kappa shape index (κ3) is 5.11. The minimum absolute atomic E-state index is 0.0585. The summed E-state index contributed by atoms with van der Waals surface area (Å²) in [5.41, 5.74) is -1.05. The number of allylic oxidation sites excluding steroid dienone is 5. The van der Waals surface area contributed by atoms with Gasteiger partial charge in [-0.3, -0.25) is 9.59 Å². The topological polar surface area (TPSA) is 115 Å². The maximum atomic E-state index is 12.9. The lowest BCUT2D eigenvalue weighted by Gasteiger charge is -2.43. The number of rotatable bonds is 3. The number of carboxylic acids is 2. The average Bonchev–Trinajstić information content (AvgIpc) is 2.59. The van der Waals surface area contributed by atoms with Crippen molar-refractivity contribution in [2.45, 2.75) is 73.6 Å². The highest BCUT2D eigenvalue weighted by molar-refractivity contribution is 5.86. The van der Waals surface area contributed by atoms with E-state index in [1.54, 1.807) is 0 Å². The predicted octanol–water partition coefficient (Wildman–Crippen LogP) is 6.18. The quantitative estimate of drug-likeness (QED) is 0.411. The molecule has 3 atom stereocenters. The van der Waals surface area contributed by atoms with Gasteiger partial charge in [0.05, 0.1) is 5.92 Å². The second-order valence-electron chi connectivity index (χ2n) is 11.1. The lowest BCUT2D eigenvalue weighted by Crippen LogP contribution is -2.48. The molecule has 6 heteroatoms. The lowest BCUT2D eigenvalue weighted by atomic mass is 9.59. The number of aliphatic carboxylic acids is 2. The molecule has 0 aromatic heterocycles. The van der Waals surface area contributed by atoms with Gasteiger partial charge in [-0.15, -0.1) is 0 Å². The van der Waals surface area contributed by atoms with E-state index in [4.69, 9.17) is 0 Å². The van der Waals surface area contributed by atoms with Crippen molar-refractivity contribution in [1.82, 2.24) is 0 Å². The van der Waals surface area contributed by atoms with E-state index in [1.165, 1.54) is 0 Å². The summed E-state index contributed by atoms with van der Waals surface area (Å²) < 4.78 is 0. The van der Waals surface area contributed by atoms with Gasteiger partial charge in [-0.2, -0.15) is 0 Å². The molecule has 178 valence electrons. The van der Waals surface area contributed by atoms with Gasteiger partial charge in [-0.1, -0.05) is 65.3 Å². The van der Waals surface area contributed by atoms with Crippen molar-refractivity contribution in [3.63, 3.8) is 0 Å². The zero-order valence-corrected chi connectivity index (χ0v) is 20.1. The number of hydrogen-bond donors (Lipinski definition) is 4. The summed E-state index contributed by atoms with van der Waals surface area (Å²) in [4.78, 5) is 25.4. The highest BCUT2D eigenvalue weighted by Crippen LogP contribution is 2.51. The molecule has 0 aromatic rings. The first-order valence-electron chi connectivity index (χ1n) is 11.3. The Kier molecular flexibility index (Phi) is 7.38. The van der Waals surface area contributed by atoms with Crippen LogP contribution in [0.4, 0.5) is 0 Å². The van der Waals surface area contributed by atoms with Gasteiger partial charge < -0.3 is 20.4 Å². The molecule has 0 saturated carbocycles. The van der Waals surface area contributed by atoms with Gasteiger partial charge >= 0.3 is 11.9 Å². The highest BCUT2D eigenvalue weighted by Gasteiger charge is 2.54. The monoisotopic (exact) mass is 446 g/mol. The number of aliphatic hydroxyl groups is 2. The Morgan fingerprint density at radius 1 is 1.00 bits per heavy atom. The van der Waals surface area contributed by atoms with Gasteiger partial charge in [0, 0.05) is 0 Å². The Bertz CT molecular complexity index is 875. The van der Waals surface area contributed by atoms with Crippen LogP contribution in [-0.4, -0.2) is 32.4 Å². The lowest BCUT2D eigenvalue weighted by molar-refractivity contribution is -0.164. The highest BCUT2D eigenvalue weighted by atomic mass is 16.4. The molecule has 0 aromatic carbocycles. The fourth-order valence-corrected chi connectivity index (χ4v) is 5.02. The normalized spacial score (nSPS) is 34.6. The number of aliphatic hydroxyl groups excluding tert-OH is 2. The maximum Gasteiger partial charge on any atom is 0.314 e. The molecule has 2 aliphatic carbocycles. The van der Waals surface area contributed by atoms with Crippen LogP contribution in [0.3, 0.4) is 0 Å². The fraction of sp³-hybridized carbons (Fsp3) is 0.615. The molecule has 2 aliphatic rings. The largest absolute Gasteiger partial charge is 0.504 e. The zero-order chi connectivity index (χ0) is 24.5. The van der Waals surface area contributed by atoms with Crippen LogP contribution in [0.1, 0.15) is 73.6 Å². The Balaban J connectivity index is 2.78. The van der Waals surface area contributed by atoms with Crippen LogP contribution < -0.4 is 0 Å². The fourth-order valence-electron chi connectivity index (χ4n) is 5.02. The smallest absolute Gasteiger partial charge is 0.314 e. The first-order valence-corrected chi connectivity index (χ1v) is 11.3. The second-order valence-corrected chi connectivity index (χ2v) is 11.1. The molecule has 6 nitrogen and oxygen atoms in total. The van der Waals surface area contributed by atoms with E-state index in [1.807, 2.05) is 59.8 Å². The van der Waals surface area contributed by atoms with Gasteiger partial charge in [0.15, 0.2) is 11.5 Å². The van der Waals surface area contributed by atoms with Crippen LogP contribution in [0, 0.1) is 28.1 Å². The van der Waals surface area contributed by atoms with E-state index in [-0.39, 0.29) is 24.0 Å². The molecular weight excluding hydrogens is 408 g/mol. The predicted molar refractivity (Wildman–Crippen MR) is 124 cm³/mol. The van der Waals surface area contributed by atoms with Crippen molar-refractivity contribution in [1.29, 1.82) is 0 Å². The van der Waals surface area contributed by atoms with Crippen LogP contribution in [0.2, 0.25) is 0 Å². The molecule has 0 radical (unpaired) electrons. The molecule has 32 heavy (non-hydrogen) atoms. The minimum atomic E-state index is -1.86. The van der Waals surface area contributed by atoms with Crippen molar-refractivity contribution in [3.8, 4) is 0 Å². The first kappa shape index (κ1) is 25.8. The van der Waals surface area contributed by atoms with E-state index < -0.39 is 40.4 Å². The molecule has 0 heterocycles. The van der Waals surface area contributed by atoms with Crippen molar-refractivity contribution < 1.29 is 30.0 Å². The standard InChI is InChI=1S/C26H38O6/c1-24(2,3)16-10-8-7-9-11-17(14-16)26(23(31)32)15-20(27)21(28)18(25(4,5)6)12-13-19(26)22(29)30/h7-8,10,15,17,19,27-28H,9,11-14H2,1-6H3,(H,29,30)(H,31,32)/b8-7-,16-10+,20-15+,21-18-. The Morgan fingerprint density at radius 2 is 1.62 bits per heavy atom. The van der Waals surface area contributed by atoms with E-state index in [9.17, 15) is 30.0 Å². The van der Waals surface area contributed by atoms with E-state index in [0.717, 1.165) is 11.6 Å². The minimum Gasteiger partial charge on any atom is -0.504 e. The van der Waals surface area contributed by atoms with E-state index >= 15 is 0 Å². The van der Waals surface area contributed by atoms with Crippen molar-refractivity contribution >= 4 is 11.9 Å². The SMILES string of the molecule is CC(C)(C)/C1=C(O)/C(O)=C\C(C(=O)O)(C2CC/C=C\C=C(\C(C)(C)C)C2)C(C(=O)O)CC1. The van der Waals surface area contributed by atoms with E-state index in [0.29, 0.717) is 24.8 Å². The molecule has 0 aliphatic heterocycles. The summed E-state index contributed by atoms with van der Waals surface area (Å²) in [5.74, 6) is -5.20. The van der Waals surface area contributed by atoms with Crippen molar-refractivity contribution in [2.75, 3.05) is 0 Å². The second kappa shape index (κ2) is 9.16. The van der Waals surface area contributed by atoms with Crippen LogP contribution in [0.5, 0.6) is 0 Å². The molecule has 0 saturated heterocycles. The maximum absolute atomic E-state index is 12.9. The third-order valence-corrected chi connectivity index (χ3v) is 6.96. The number of carbonyl (C=O) groups is 2. The molecule has 4 N–H and O–H groups in total. The van der Waals surface area contributed by atoms with Gasteiger partial charge in [0.1, 0.15) is 5.41 Å².